The van der Waals surface area contributed by atoms with E-state index < -0.39 is 18.2 Å². The molecule has 0 aromatic heterocycles. The zero-order chi connectivity index (χ0) is 37.3. The van der Waals surface area contributed by atoms with Gasteiger partial charge in [0, 0.05) is 0 Å². The van der Waals surface area contributed by atoms with Gasteiger partial charge in [-0.2, -0.15) is 0 Å². The number of rotatable bonds is 42. The number of aliphatic hydroxyl groups excluding tert-OH is 3. The van der Waals surface area contributed by atoms with Crippen molar-refractivity contribution in [1.29, 1.82) is 0 Å². The lowest BCUT2D eigenvalue weighted by Crippen LogP contribution is -2.45. The lowest BCUT2D eigenvalue weighted by Gasteiger charge is -2.21. The van der Waals surface area contributed by atoms with Crippen LogP contribution in [0.5, 0.6) is 0 Å². The highest BCUT2D eigenvalue weighted by atomic mass is 16.3. The van der Waals surface area contributed by atoms with Crippen LogP contribution in [0.3, 0.4) is 0 Å². The van der Waals surface area contributed by atoms with Gasteiger partial charge in [0.25, 0.3) is 0 Å². The topological polar surface area (TPSA) is 89.8 Å². The molecule has 5 heteroatoms. The summed E-state index contributed by atoms with van der Waals surface area (Å²) in [5, 5.41) is 33.2. The molecular formula is C46H91NO4. The lowest BCUT2D eigenvalue weighted by atomic mass is 10.0. The van der Waals surface area contributed by atoms with E-state index in [-0.39, 0.29) is 18.9 Å². The molecule has 0 aliphatic heterocycles. The second kappa shape index (κ2) is 41.8. The van der Waals surface area contributed by atoms with Crippen molar-refractivity contribution < 1.29 is 20.1 Å². The minimum absolute atomic E-state index is 0.0183. The van der Waals surface area contributed by atoms with Gasteiger partial charge in [0.15, 0.2) is 0 Å². The molecule has 0 rings (SSSR count). The number of unbranched alkanes of at least 4 members (excludes halogenated alkanes) is 33. The van der Waals surface area contributed by atoms with Crippen LogP contribution in [0.4, 0.5) is 0 Å². The predicted molar refractivity (Wildman–Crippen MR) is 222 cm³/mol. The van der Waals surface area contributed by atoms with Crippen LogP contribution in [-0.4, -0.2) is 46.1 Å². The summed E-state index contributed by atoms with van der Waals surface area (Å²) in [5.41, 5.74) is 0. The monoisotopic (exact) mass is 722 g/mol. The summed E-state index contributed by atoms with van der Waals surface area (Å²) in [4.78, 5) is 12.4. The van der Waals surface area contributed by atoms with Gasteiger partial charge in [-0.05, 0) is 19.3 Å². The van der Waals surface area contributed by atoms with Crippen LogP contribution in [0, 0.1) is 0 Å². The summed E-state index contributed by atoms with van der Waals surface area (Å²) in [6.45, 7) is 4.22. The molecule has 3 atom stereocenters. The van der Waals surface area contributed by atoms with E-state index in [2.05, 4.69) is 19.2 Å². The third kappa shape index (κ3) is 38.6. The van der Waals surface area contributed by atoms with Crippen molar-refractivity contribution in [3.63, 3.8) is 0 Å². The highest BCUT2D eigenvalue weighted by Crippen LogP contribution is 2.17. The van der Waals surface area contributed by atoms with Crippen molar-refractivity contribution in [3.05, 3.63) is 12.2 Å². The van der Waals surface area contributed by atoms with Crippen LogP contribution < -0.4 is 5.32 Å². The molecule has 0 saturated heterocycles. The molecule has 3 unspecified atom stereocenters. The van der Waals surface area contributed by atoms with Crippen LogP contribution in [0.2, 0.25) is 0 Å². The molecule has 51 heavy (non-hydrogen) atoms. The third-order valence-electron chi connectivity index (χ3n) is 10.8. The number of amides is 1. The molecule has 0 heterocycles. The van der Waals surface area contributed by atoms with E-state index in [1.807, 2.05) is 6.08 Å². The molecule has 0 aromatic rings. The molecule has 0 aliphatic rings. The van der Waals surface area contributed by atoms with Gasteiger partial charge in [-0.3, -0.25) is 4.79 Å². The van der Waals surface area contributed by atoms with Crippen LogP contribution >= 0.6 is 0 Å². The fraction of sp³-hybridized carbons (Fsp3) is 0.935. The second-order valence-corrected chi connectivity index (χ2v) is 16.0. The predicted octanol–water partition coefficient (Wildman–Crippen LogP) is 13.2. The Kier molecular flexibility index (Phi) is 41.1. The minimum Gasteiger partial charge on any atom is -0.394 e. The summed E-state index contributed by atoms with van der Waals surface area (Å²) in [5.74, 6) is -0.312. The Morgan fingerprint density at radius 2 is 0.804 bits per heavy atom. The maximum atomic E-state index is 12.4. The molecule has 304 valence electrons. The van der Waals surface area contributed by atoms with Gasteiger partial charge >= 0.3 is 0 Å². The van der Waals surface area contributed by atoms with E-state index in [1.165, 1.54) is 199 Å². The van der Waals surface area contributed by atoms with E-state index in [4.69, 9.17) is 0 Å². The van der Waals surface area contributed by atoms with E-state index >= 15 is 0 Å². The smallest absolute Gasteiger partial charge is 0.222 e. The molecule has 0 aliphatic carbocycles. The standard InChI is InChI=1S/C46H91NO4/c1-3-5-7-9-11-13-15-17-18-19-20-21-22-23-24-25-26-27-28-30-32-34-36-38-40-45(50)44(42-48)47-46(51)41-43(49)39-37-35-33-31-29-16-14-12-10-8-6-4-2/h38,40,43-45,48-50H,3-37,39,41-42H2,1-2H3,(H,47,51)/b40-38+. The highest BCUT2D eigenvalue weighted by molar-refractivity contribution is 5.76. The number of allylic oxidation sites excluding steroid dienone is 1. The number of hydrogen-bond acceptors (Lipinski definition) is 4. The Morgan fingerprint density at radius 1 is 0.490 bits per heavy atom. The van der Waals surface area contributed by atoms with Crippen molar-refractivity contribution in [2.75, 3.05) is 6.61 Å². The Hall–Kier alpha value is -0.910. The molecule has 0 bridgehead atoms. The zero-order valence-corrected chi connectivity index (χ0v) is 34.5. The Bertz CT molecular complexity index is 713. The first-order chi connectivity index (χ1) is 25.0. The average molecular weight is 722 g/mol. The number of carbonyl (C=O) groups excluding carboxylic acids is 1. The van der Waals surface area contributed by atoms with Gasteiger partial charge in [0.1, 0.15) is 0 Å². The Balaban J connectivity index is 3.58. The largest absolute Gasteiger partial charge is 0.394 e. The molecular weight excluding hydrogens is 631 g/mol. The van der Waals surface area contributed by atoms with Crippen LogP contribution in [-0.2, 0) is 4.79 Å². The summed E-state index contributed by atoms with van der Waals surface area (Å²) >= 11 is 0. The average Bonchev–Trinajstić information content (AvgIpc) is 3.12. The van der Waals surface area contributed by atoms with Crippen LogP contribution in [0.25, 0.3) is 0 Å². The van der Waals surface area contributed by atoms with Gasteiger partial charge in [-0.1, -0.05) is 238 Å². The summed E-state index contributed by atoms with van der Waals surface area (Å²) in [6.07, 6.45) is 49.4. The molecule has 0 spiro atoms. The van der Waals surface area contributed by atoms with E-state index in [0.29, 0.717) is 6.42 Å². The second-order valence-electron chi connectivity index (χ2n) is 16.0. The first-order valence-electron chi connectivity index (χ1n) is 23.0. The summed E-state index contributed by atoms with van der Waals surface area (Å²) in [6, 6.07) is -0.739. The number of hydrogen-bond donors (Lipinski definition) is 4. The summed E-state index contributed by atoms with van der Waals surface area (Å²) < 4.78 is 0. The molecule has 0 radical (unpaired) electrons. The molecule has 0 aromatic carbocycles. The molecule has 4 N–H and O–H groups in total. The van der Waals surface area contributed by atoms with Gasteiger partial charge < -0.3 is 20.6 Å². The minimum atomic E-state index is -0.924. The number of aliphatic hydroxyl groups is 3. The number of nitrogens with one attached hydrogen (secondary N) is 1. The number of carbonyl (C=O) groups is 1. The molecule has 0 saturated carbocycles. The normalized spacial score (nSPS) is 13.6. The Labute approximate surface area is 319 Å². The quantitative estimate of drug-likeness (QED) is 0.0373. The van der Waals surface area contributed by atoms with Gasteiger partial charge in [-0.25, -0.2) is 0 Å². The third-order valence-corrected chi connectivity index (χ3v) is 10.8. The van der Waals surface area contributed by atoms with Crippen LogP contribution in [0.15, 0.2) is 12.2 Å². The maximum absolute atomic E-state index is 12.4. The SMILES string of the molecule is CCCCCCCCCCCCCCCCCCCCCCCC/C=C/C(O)C(CO)NC(=O)CC(O)CCCCCCCCCCCCCC. The summed E-state index contributed by atoms with van der Waals surface area (Å²) in [7, 11) is 0. The van der Waals surface area contributed by atoms with Crippen molar-refractivity contribution in [2.45, 2.75) is 270 Å². The Morgan fingerprint density at radius 3 is 1.14 bits per heavy atom. The van der Waals surface area contributed by atoms with Crippen molar-refractivity contribution >= 4 is 5.91 Å². The lowest BCUT2D eigenvalue weighted by molar-refractivity contribution is -0.124. The van der Waals surface area contributed by atoms with Gasteiger partial charge in [-0.15, -0.1) is 0 Å². The van der Waals surface area contributed by atoms with E-state index in [1.54, 1.807) is 6.08 Å². The molecule has 1 amide bonds. The first kappa shape index (κ1) is 50.1. The maximum Gasteiger partial charge on any atom is 0.222 e. The van der Waals surface area contributed by atoms with Gasteiger partial charge in [0.2, 0.25) is 5.91 Å². The van der Waals surface area contributed by atoms with Gasteiger partial charge in [0.05, 0.1) is 31.3 Å². The fourth-order valence-electron chi connectivity index (χ4n) is 7.28. The van der Waals surface area contributed by atoms with Crippen LogP contribution in [0.1, 0.15) is 251 Å². The molecule has 0 fully saturated rings. The highest BCUT2D eigenvalue weighted by Gasteiger charge is 2.20. The van der Waals surface area contributed by atoms with Crippen molar-refractivity contribution in [2.24, 2.45) is 0 Å². The van der Waals surface area contributed by atoms with E-state index in [0.717, 1.165) is 25.7 Å². The van der Waals surface area contributed by atoms with Crippen molar-refractivity contribution in [1.82, 2.24) is 5.32 Å². The molecule has 5 nitrogen and oxygen atoms in total. The van der Waals surface area contributed by atoms with E-state index in [9.17, 15) is 20.1 Å². The fourth-order valence-corrected chi connectivity index (χ4v) is 7.28. The first-order valence-corrected chi connectivity index (χ1v) is 23.0. The zero-order valence-electron chi connectivity index (χ0n) is 34.5. The van der Waals surface area contributed by atoms with Crippen molar-refractivity contribution in [3.8, 4) is 0 Å².